The van der Waals surface area contributed by atoms with E-state index in [0.717, 1.165) is 44.5 Å². The average molecular weight is 396 g/mol. The summed E-state index contributed by atoms with van der Waals surface area (Å²) in [5.74, 6) is 0.0908. The molecule has 0 aromatic heterocycles. The molecule has 0 aromatic carbocycles. The molecule has 29 heavy (non-hydrogen) atoms. The summed E-state index contributed by atoms with van der Waals surface area (Å²) < 4.78 is 0. The van der Waals surface area contributed by atoms with E-state index in [1.54, 1.807) is 0 Å². The second kappa shape index (κ2) is 10.9. The van der Waals surface area contributed by atoms with E-state index in [1.807, 2.05) is 6.92 Å². The van der Waals surface area contributed by atoms with Gasteiger partial charge in [-0.1, -0.05) is 48.6 Å². The minimum Gasteiger partial charge on any atom is -0.481 e. The Bertz CT molecular complexity index is 771. The zero-order valence-corrected chi connectivity index (χ0v) is 17.3. The first kappa shape index (κ1) is 21.2. The molecule has 0 spiro atoms. The summed E-state index contributed by atoms with van der Waals surface area (Å²) >= 11 is 0. The topological polar surface area (TPSA) is 73.4 Å². The number of carbonyl (C=O) groups is 1. The van der Waals surface area contributed by atoms with Crippen LogP contribution in [0.25, 0.3) is 0 Å². The van der Waals surface area contributed by atoms with Gasteiger partial charge >= 0.3 is 5.97 Å². The van der Waals surface area contributed by atoms with Crippen LogP contribution in [0.3, 0.4) is 0 Å². The number of allylic oxidation sites excluding steroid dienone is 7. The summed E-state index contributed by atoms with van der Waals surface area (Å²) in [6.07, 6.45) is 22.2. The number of carboxylic acid groups (broad SMARTS) is 1. The zero-order valence-electron chi connectivity index (χ0n) is 17.3. The maximum Gasteiger partial charge on any atom is 0.303 e. The fourth-order valence-corrected chi connectivity index (χ4v) is 3.95. The molecule has 5 nitrogen and oxygen atoms in total. The minimum absolute atomic E-state index is 0.232. The average Bonchev–Trinajstić information content (AvgIpc) is 2.74. The van der Waals surface area contributed by atoms with Crippen molar-refractivity contribution >= 4 is 5.97 Å². The minimum atomic E-state index is -0.720. The predicted molar refractivity (Wildman–Crippen MR) is 118 cm³/mol. The quantitative estimate of drug-likeness (QED) is 0.331. The highest BCUT2D eigenvalue weighted by atomic mass is 16.4. The number of aliphatic carboxylic acids is 1. The van der Waals surface area contributed by atoms with Crippen molar-refractivity contribution in [2.45, 2.75) is 45.4 Å². The van der Waals surface area contributed by atoms with Crippen LogP contribution in [0.2, 0.25) is 0 Å². The molecule has 156 valence electrons. The molecular weight excluding hydrogens is 362 g/mol. The first-order chi connectivity index (χ1) is 14.2. The van der Waals surface area contributed by atoms with Gasteiger partial charge in [-0.15, -0.1) is 0 Å². The molecule has 2 atom stereocenters. The van der Waals surface area contributed by atoms with Crippen molar-refractivity contribution in [3.63, 3.8) is 0 Å². The first-order valence-electron chi connectivity index (χ1n) is 10.7. The molecule has 0 saturated carbocycles. The maximum atomic E-state index is 10.8. The Kier molecular flexibility index (Phi) is 7.94. The van der Waals surface area contributed by atoms with Crippen molar-refractivity contribution in [1.82, 2.24) is 16.0 Å². The lowest BCUT2D eigenvalue weighted by molar-refractivity contribution is -0.137. The third-order valence-electron chi connectivity index (χ3n) is 5.52. The Hall–Kier alpha value is -2.53. The normalized spacial score (nSPS) is 23.3. The van der Waals surface area contributed by atoms with Gasteiger partial charge in [0.15, 0.2) is 0 Å². The lowest BCUT2D eigenvalue weighted by Crippen LogP contribution is -2.37. The highest BCUT2D eigenvalue weighted by molar-refractivity contribution is 5.66. The van der Waals surface area contributed by atoms with E-state index in [4.69, 9.17) is 5.11 Å². The Morgan fingerprint density at radius 3 is 2.90 bits per heavy atom. The summed E-state index contributed by atoms with van der Waals surface area (Å²) in [6, 6.07) is 0. The van der Waals surface area contributed by atoms with E-state index in [1.165, 1.54) is 17.1 Å². The molecule has 3 rings (SSSR count). The molecule has 0 saturated heterocycles. The third-order valence-corrected chi connectivity index (χ3v) is 5.52. The molecule has 0 fully saturated rings. The Balaban J connectivity index is 1.70. The van der Waals surface area contributed by atoms with Gasteiger partial charge in [0.05, 0.1) is 11.4 Å². The highest BCUT2D eigenvalue weighted by Crippen LogP contribution is 2.32. The summed E-state index contributed by atoms with van der Waals surface area (Å²) in [7, 11) is 0. The van der Waals surface area contributed by atoms with Crippen LogP contribution < -0.4 is 16.0 Å². The van der Waals surface area contributed by atoms with Crippen LogP contribution >= 0.6 is 0 Å². The summed E-state index contributed by atoms with van der Waals surface area (Å²) in [6.45, 7) is 3.90. The fourth-order valence-electron chi connectivity index (χ4n) is 3.95. The van der Waals surface area contributed by atoms with Gasteiger partial charge in [-0.3, -0.25) is 4.79 Å². The van der Waals surface area contributed by atoms with E-state index in [2.05, 4.69) is 64.6 Å². The molecule has 0 amide bonds. The molecule has 0 bridgehead atoms. The summed E-state index contributed by atoms with van der Waals surface area (Å²) in [5, 5.41) is 19.8. The van der Waals surface area contributed by atoms with Crippen molar-refractivity contribution in [1.29, 1.82) is 0 Å². The molecule has 0 aromatic rings. The van der Waals surface area contributed by atoms with Gasteiger partial charge in [-0.25, -0.2) is 0 Å². The second-order valence-corrected chi connectivity index (χ2v) is 7.82. The SMILES string of the molecule is C/C=C/CNCC1C=C2NC(CCCCC(=O)O)=C(C3C=CC=CC3)NC2=CC1. The van der Waals surface area contributed by atoms with Gasteiger partial charge < -0.3 is 21.1 Å². The molecule has 3 aliphatic rings. The van der Waals surface area contributed by atoms with E-state index in [0.29, 0.717) is 18.3 Å². The van der Waals surface area contributed by atoms with Gasteiger partial charge in [0.1, 0.15) is 0 Å². The lowest BCUT2D eigenvalue weighted by Gasteiger charge is -2.34. The van der Waals surface area contributed by atoms with E-state index < -0.39 is 5.97 Å². The molecule has 1 heterocycles. The van der Waals surface area contributed by atoms with Crippen molar-refractivity contribution in [3.8, 4) is 0 Å². The van der Waals surface area contributed by atoms with Crippen molar-refractivity contribution in [2.24, 2.45) is 11.8 Å². The maximum absolute atomic E-state index is 10.8. The van der Waals surface area contributed by atoms with E-state index in [-0.39, 0.29) is 6.42 Å². The van der Waals surface area contributed by atoms with Gasteiger partial charge in [-0.2, -0.15) is 0 Å². The molecule has 2 unspecified atom stereocenters. The van der Waals surface area contributed by atoms with Crippen LogP contribution in [-0.4, -0.2) is 24.2 Å². The van der Waals surface area contributed by atoms with Crippen LogP contribution in [-0.2, 0) is 4.79 Å². The van der Waals surface area contributed by atoms with Crippen LogP contribution in [0, 0.1) is 11.8 Å². The Morgan fingerprint density at radius 2 is 2.14 bits per heavy atom. The van der Waals surface area contributed by atoms with E-state index in [9.17, 15) is 4.79 Å². The van der Waals surface area contributed by atoms with Crippen molar-refractivity contribution < 1.29 is 9.90 Å². The number of fused-ring (bicyclic) bond motifs is 1. The number of unbranched alkanes of at least 4 members (excludes halogenated alkanes) is 1. The smallest absolute Gasteiger partial charge is 0.303 e. The summed E-state index contributed by atoms with van der Waals surface area (Å²) in [4.78, 5) is 10.8. The van der Waals surface area contributed by atoms with E-state index >= 15 is 0 Å². The molecule has 1 aliphatic heterocycles. The molecule has 4 N–H and O–H groups in total. The Labute approximate surface area is 174 Å². The standard InChI is InChI=1S/C24H33N3O2/c1-2-3-15-25-17-18-13-14-20-22(16-18)26-21(11-7-8-12-23(28)29)24(27-20)19-9-5-4-6-10-19/h2-6,9,14,16,18-19,25-27H,7-8,10-13,15,17H2,1H3,(H,28,29)/b3-2+. The fraction of sp³-hybridized carbons (Fsp3) is 0.458. The van der Waals surface area contributed by atoms with Crippen LogP contribution in [0.15, 0.2) is 71.4 Å². The molecular formula is C24H33N3O2. The highest BCUT2D eigenvalue weighted by Gasteiger charge is 2.26. The second-order valence-electron chi connectivity index (χ2n) is 7.82. The molecule has 2 aliphatic carbocycles. The number of carboxylic acids is 1. The summed E-state index contributed by atoms with van der Waals surface area (Å²) in [5.41, 5.74) is 4.75. The van der Waals surface area contributed by atoms with Crippen molar-refractivity contribution in [3.05, 3.63) is 71.4 Å². The van der Waals surface area contributed by atoms with Gasteiger partial charge in [0, 0.05) is 36.8 Å². The van der Waals surface area contributed by atoms with Crippen LogP contribution in [0.4, 0.5) is 0 Å². The van der Waals surface area contributed by atoms with Crippen LogP contribution in [0.1, 0.15) is 45.4 Å². The number of nitrogens with one attached hydrogen (secondary N) is 3. The number of rotatable bonds is 10. The van der Waals surface area contributed by atoms with Gasteiger partial charge in [0.2, 0.25) is 0 Å². The molecule has 5 heteroatoms. The third kappa shape index (κ3) is 6.23. The number of hydrogen-bond acceptors (Lipinski definition) is 4. The zero-order chi connectivity index (χ0) is 20.5. The van der Waals surface area contributed by atoms with Gasteiger partial charge in [-0.05, 0) is 44.9 Å². The monoisotopic (exact) mass is 395 g/mol. The predicted octanol–water partition coefficient (Wildman–Crippen LogP) is 4.12. The van der Waals surface area contributed by atoms with Crippen LogP contribution in [0.5, 0.6) is 0 Å². The first-order valence-corrected chi connectivity index (χ1v) is 10.7. The van der Waals surface area contributed by atoms with Gasteiger partial charge in [0.25, 0.3) is 0 Å². The lowest BCUT2D eigenvalue weighted by atomic mass is 9.90. The number of hydrogen-bond donors (Lipinski definition) is 4. The van der Waals surface area contributed by atoms with Crippen molar-refractivity contribution in [2.75, 3.05) is 13.1 Å². The molecule has 0 radical (unpaired) electrons. The largest absolute Gasteiger partial charge is 0.481 e. The Morgan fingerprint density at radius 1 is 1.24 bits per heavy atom.